The SMILES string of the molecule is COCCN1C(=O)/C(=C\c2c(NCCCN3CCOCC3)nc3ccccn3c2=O)SC1=S. The van der Waals surface area contributed by atoms with Crippen molar-refractivity contribution in [3.05, 3.63) is 45.2 Å². The van der Waals surface area contributed by atoms with Crippen LogP contribution in [-0.4, -0.2) is 89.1 Å². The minimum Gasteiger partial charge on any atom is -0.383 e. The van der Waals surface area contributed by atoms with Crippen LogP contribution in [0.4, 0.5) is 5.82 Å². The zero-order chi connectivity index (χ0) is 23.2. The molecule has 2 fully saturated rings. The number of carbonyl (C=O) groups is 1. The van der Waals surface area contributed by atoms with E-state index < -0.39 is 0 Å². The summed E-state index contributed by atoms with van der Waals surface area (Å²) in [5.41, 5.74) is 0.652. The minimum atomic E-state index is -0.238. The predicted octanol–water partition coefficient (Wildman–Crippen LogP) is 1.68. The minimum absolute atomic E-state index is 0.224. The van der Waals surface area contributed by atoms with Gasteiger partial charge in [0.1, 0.15) is 15.8 Å². The number of fused-ring (bicyclic) bond motifs is 1. The lowest BCUT2D eigenvalue weighted by Gasteiger charge is -2.26. The summed E-state index contributed by atoms with van der Waals surface area (Å²) in [7, 11) is 1.58. The third-order valence-corrected chi connectivity index (χ3v) is 6.86. The van der Waals surface area contributed by atoms with Gasteiger partial charge in [0.15, 0.2) is 0 Å². The third-order valence-electron chi connectivity index (χ3n) is 5.48. The van der Waals surface area contributed by atoms with Crippen molar-refractivity contribution in [2.24, 2.45) is 0 Å². The van der Waals surface area contributed by atoms with Crippen LogP contribution in [0.5, 0.6) is 0 Å². The van der Waals surface area contributed by atoms with Gasteiger partial charge in [-0.05, 0) is 31.2 Å². The Kier molecular flexibility index (Phi) is 8.10. The first-order chi connectivity index (χ1) is 16.1. The Morgan fingerprint density at radius 3 is 2.88 bits per heavy atom. The Balaban J connectivity index is 1.57. The predicted molar refractivity (Wildman–Crippen MR) is 134 cm³/mol. The Hall–Kier alpha value is -2.31. The fraction of sp³-hybridized carbons (Fsp3) is 0.455. The van der Waals surface area contributed by atoms with E-state index in [0.717, 1.165) is 39.3 Å². The highest BCUT2D eigenvalue weighted by Gasteiger charge is 2.32. The molecular formula is C22H27N5O4S2. The van der Waals surface area contributed by atoms with Crippen LogP contribution in [0.25, 0.3) is 11.7 Å². The van der Waals surface area contributed by atoms with Crippen LogP contribution >= 0.6 is 24.0 Å². The van der Waals surface area contributed by atoms with E-state index in [9.17, 15) is 9.59 Å². The number of pyridine rings is 1. The Bertz CT molecular complexity index is 1110. The van der Waals surface area contributed by atoms with E-state index in [2.05, 4.69) is 15.2 Å². The van der Waals surface area contributed by atoms with Gasteiger partial charge >= 0.3 is 0 Å². The highest BCUT2D eigenvalue weighted by Crippen LogP contribution is 2.32. The number of morpholine rings is 1. The fourth-order valence-electron chi connectivity index (χ4n) is 3.71. The first kappa shape index (κ1) is 23.8. The van der Waals surface area contributed by atoms with Crippen molar-refractivity contribution in [3.8, 4) is 0 Å². The zero-order valence-corrected chi connectivity index (χ0v) is 20.1. The van der Waals surface area contributed by atoms with E-state index in [4.69, 9.17) is 21.7 Å². The van der Waals surface area contributed by atoms with E-state index in [0.29, 0.717) is 46.0 Å². The molecule has 0 aromatic carbocycles. The van der Waals surface area contributed by atoms with Gasteiger partial charge in [0, 0.05) is 32.9 Å². The molecule has 0 aliphatic carbocycles. The van der Waals surface area contributed by atoms with Crippen LogP contribution in [0.2, 0.25) is 0 Å². The molecule has 2 aromatic rings. The summed E-state index contributed by atoms with van der Waals surface area (Å²) >= 11 is 6.55. The lowest BCUT2D eigenvalue weighted by molar-refractivity contribution is -0.122. The maximum absolute atomic E-state index is 13.3. The molecule has 176 valence electrons. The molecule has 2 saturated heterocycles. The summed E-state index contributed by atoms with van der Waals surface area (Å²) in [5, 5.41) is 3.32. The van der Waals surface area contributed by atoms with Gasteiger partial charge < -0.3 is 14.8 Å². The van der Waals surface area contributed by atoms with Crippen LogP contribution in [0.15, 0.2) is 34.1 Å². The third kappa shape index (κ3) is 5.61. The number of amides is 1. The maximum Gasteiger partial charge on any atom is 0.267 e. The quantitative estimate of drug-likeness (QED) is 0.321. The zero-order valence-electron chi connectivity index (χ0n) is 18.5. The molecule has 0 radical (unpaired) electrons. The van der Waals surface area contributed by atoms with E-state index in [1.54, 1.807) is 31.5 Å². The smallest absolute Gasteiger partial charge is 0.267 e. The molecule has 4 rings (SSSR count). The van der Waals surface area contributed by atoms with E-state index in [-0.39, 0.29) is 11.5 Å². The summed E-state index contributed by atoms with van der Waals surface area (Å²) in [6.45, 7) is 5.76. The lowest BCUT2D eigenvalue weighted by atomic mass is 10.2. The summed E-state index contributed by atoms with van der Waals surface area (Å²) in [4.78, 5) is 35.1. The molecule has 0 bridgehead atoms. The highest BCUT2D eigenvalue weighted by atomic mass is 32.2. The van der Waals surface area contributed by atoms with Crippen molar-refractivity contribution in [3.63, 3.8) is 0 Å². The van der Waals surface area contributed by atoms with E-state index in [1.807, 2.05) is 6.07 Å². The molecule has 0 saturated carbocycles. The van der Waals surface area contributed by atoms with Crippen molar-refractivity contribution >= 4 is 51.7 Å². The number of aromatic nitrogens is 2. The first-order valence-corrected chi connectivity index (χ1v) is 12.1. The van der Waals surface area contributed by atoms with Gasteiger partial charge in [-0.25, -0.2) is 4.98 Å². The van der Waals surface area contributed by atoms with Crippen LogP contribution in [0, 0.1) is 0 Å². The van der Waals surface area contributed by atoms with Gasteiger partial charge in [0.25, 0.3) is 11.5 Å². The number of hydrogen-bond donors (Lipinski definition) is 1. The number of hydrogen-bond acceptors (Lipinski definition) is 9. The number of nitrogens with zero attached hydrogens (tertiary/aromatic N) is 4. The fourth-order valence-corrected chi connectivity index (χ4v) is 5.00. The highest BCUT2D eigenvalue weighted by molar-refractivity contribution is 8.26. The largest absolute Gasteiger partial charge is 0.383 e. The monoisotopic (exact) mass is 489 g/mol. The van der Waals surface area contributed by atoms with Gasteiger partial charge in [0.05, 0.1) is 36.8 Å². The van der Waals surface area contributed by atoms with Gasteiger partial charge in [-0.3, -0.25) is 23.8 Å². The molecule has 9 nitrogen and oxygen atoms in total. The van der Waals surface area contributed by atoms with Crippen molar-refractivity contribution in [2.45, 2.75) is 6.42 Å². The number of rotatable bonds is 9. The first-order valence-electron chi connectivity index (χ1n) is 10.9. The molecule has 0 unspecified atom stereocenters. The molecule has 1 amide bonds. The summed E-state index contributed by atoms with van der Waals surface area (Å²) in [6.07, 6.45) is 4.17. The number of ether oxygens (including phenoxy) is 2. The standard InChI is InChI=1S/C22H27N5O4S2/c1-30-12-11-27-21(29)17(33-22(27)32)15-16-19(23-6-4-7-25-9-13-31-14-10-25)24-18-5-2-3-8-26(18)20(16)28/h2-3,5,8,15,23H,4,6-7,9-14H2,1H3/b17-15+. The number of anilines is 1. The molecule has 2 aliphatic heterocycles. The molecule has 4 heterocycles. The normalized spacial score (nSPS) is 18.6. The second-order valence-electron chi connectivity index (χ2n) is 7.67. The molecule has 2 aliphatic rings. The van der Waals surface area contributed by atoms with Crippen LogP contribution < -0.4 is 10.9 Å². The molecule has 1 N–H and O–H groups in total. The number of nitrogens with one attached hydrogen (secondary N) is 1. The van der Waals surface area contributed by atoms with Crippen LogP contribution in [0.3, 0.4) is 0 Å². The van der Waals surface area contributed by atoms with E-state index in [1.165, 1.54) is 21.1 Å². The van der Waals surface area contributed by atoms with Gasteiger partial charge in [0.2, 0.25) is 0 Å². The van der Waals surface area contributed by atoms with Crippen LogP contribution in [0.1, 0.15) is 12.0 Å². The number of carbonyl (C=O) groups excluding carboxylic acids is 1. The van der Waals surface area contributed by atoms with Gasteiger partial charge in [-0.15, -0.1) is 0 Å². The van der Waals surface area contributed by atoms with Gasteiger partial charge in [-0.1, -0.05) is 30.0 Å². The molecule has 0 spiro atoms. The van der Waals surface area contributed by atoms with Crippen LogP contribution in [-0.2, 0) is 14.3 Å². The Morgan fingerprint density at radius 2 is 2.09 bits per heavy atom. The molecular weight excluding hydrogens is 462 g/mol. The lowest BCUT2D eigenvalue weighted by Crippen LogP contribution is -2.37. The van der Waals surface area contributed by atoms with Crippen molar-refractivity contribution in [1.82, 2.24) is 19.2 Å². The van der Waals surface area contributed by atoms with Crippen molar-refractivity contribution in [1.29, 1.82) is 0 Å². The molecule has 11 heteroatoms. The number of thioether (sulfide) groups is 1. The summed E-state index contributed by atoms with van der Waals surface area (Å²) in [5.74, 6) is 0.244. The van der Waals surface area contributed by atoms with E-state index >= 15 is 0 Å². The second kappa shape index (κ2) is 11.2. The topological polar surface area (TPSA) is 88.4 Å². The second-order valence-corrected chi connectivity index (χ2v) is 9.34. The van der Waals surface area contributed by atoms with Crippen molar-refractivity contribution < 1.29 is 14.3 Å². The molecule has 2 aromatic heterocycles. The summed E-state index contributed by atoms with van der Waals surface area (Å²) in [6, 6.07) is 5.40. The molecule has 33 heavy (non-hydrogen) atoms. The maximum atomic E-state index is 13.3. The number of thiocarbonyl (C=S) groups is 1. The average Bonchev–Trinajstić information content (AvgIpc) is 3.10. The number of methoxy groups -OCH3 is 1. The Morgan fingerprint density at radius 1 is 1.27 bits per heavy atom. The Labute approximate surface area is 201 Å². The molecule has 0 atom stereocenters. The van der Waals surface area contributed by atoms with Gasteiger partial charge in [-0.2, -0.15) is 0 Å². The van der Waals surface area contributed by atoms with Crippen molar-refractivity contribution in [2.75, 3.05) is 65.0 Å². The average molecular weight is 490 g/mol. The summed E-state index contributed by atoms with van der Waals surface area (Å²) < 4.78 is 12.4.